The standard InChI is InChI=1S/C21H21ClFN3/c1-3-14-11-15(6-9-20(14)25-13-24)17-5-4-10-26(2)21(17)18-12-16(22)7-8-19(18)23/h4-9,11-12,14,20,25H,3,10H2,1-2H3. The van der Waals surface area contributed by atoms with Gasteiger partial charge in [0, 0.05) is 35.7 Å². The van der Waals surface area contributed by atoms with Crippen molar-refractivity contribution >= 4 is 17.3 Å². The lowest BCUT2D eigenvalue weighted by atomic mass is 9.85. The quantitative estimate of drug-likeness (QED) is 0.620. The molecular formula is C21H21ClFN3. The summed E-state index contributed by atoms with van der Waals surface area (Å²) in [4.78, 5) is 2.03. The highest BCUT2D eigenvalue weighted by Gasteiger charge is 2.24. The van der Waals surface area contributed by atoms with E-state index in [4.69, 9.17) is 16.9 Å². The second kappa shape index (κ2) is 7.80. The van der Waals surface area contributed by atoms with Crippen molar-refractivity contribution in [3.05, 3.63) is 76.1 Å². The van der Waals surface area contributed by atoms with Crippen molar-refractivity contribution < 1.29 is 4.39 Å². The van der Waals surface area contributed by atoms with Gasteiger partial charge in [-0.2, -0.15) is 5.26 Å². The molecule has 0 amide bonds. The van der Waals surface area contributed by atoms with E-state index in [0.717, 1.165) is 23.3 Å². The predicted octanol–water partition coefficient (Wildman–Crippen LogP) is 4.65. The molecule has 0 fully saturated rings. The van der Waals surface area contributed by atoms with E-state index < -0.39 is 0 Å². The van der Waals surface area contributed by atoms with Crippen LogP contribution in [-0.2, 0) is 0 Å². The fourth-order valence-corrected chi connectivity index (χ4v) is 3.66. The normalized spacial score (nSPS) is 22.3. The number of likely N-dealkylation sites (N-methyl/N-ethyl adjacent to an activating group) is 1. The summed E-state index contributed by atoms with van der Waals surface area (Å²) < 4.78 is 14.5. The number of allylic oxidation sites excluding steroid dienone is 4. The molecule has 2 unspecified atom stereocenters. The lowest BCUT2D eigenvalue weighted by Gasteiger charge is -2.31. The Kier molecular flexibility index (Phi) is 5.49. The van der Waals surface area contributed by atoms with Gasteiger partial charge in [0.2, 0.25) is 0 Å². The van der Waals surface area contributed by atoms with E-state index in [0.29, 0.717) is 17.1 Å². The zero-order valence-electron chi connectivity index (χ0n) is 14.8. The van der Waals surface area contributed by atoms with Crippen LogP contribution in [0.25, 0.3) is 5.70 Å². The maximum Gasteiger partial charge on any atom is 0.177 e. The number of benzene rings is 1. The minimum absolute atomic E-state index is 0.00833. The third-order valence-electron chi connectivity index (χ3n) is 4.84. The highest BCUT2D eigenvalue weighted by molar-refractivity contribution is 6.30. The van der Waals surface area contributed by atoms with Gasteiger partial charge in [0.25, 0.3) is 0 Å². The molecule has 1 aromatic carbocycles. The molecule has 0 aromatic heterocycles. The summed E-state index contributed by atoms with van der Waals surface area (Å²) in [5.41, 5.74) is 3.32. The second-order valence-electron chi connectivity index (χ2n) is 6.50. The highest BCUT2D eigenvalue weighted by atomic mass is 35.5. The molecule has 2 aliphatic rings. The van der Waals surface area contributed by atoms with Gasteiger partial charge in [-0.05, 0) is 30.2 Å². The second-order valence-corrected chi connectivity index (χ2v) is 6.94. The fraction of sp³-hybridized carbons (Fsp3) is 0.286. The van der Waals surface area contributed by atoms with Crippen molar-refractivity contribution in [1.82, 2.24) is 10.2 Å². The summed E-state index contributed by atoms with van der Waals surface area (Å²) in [7, 11) is 1.95. The molecule has 26 heavy (non-hydrogen) atoms. The Labute approximate surface area is 158 Å². The van der Waals surface area contributed by atoms with Crippen LogP contribution in [0.2, 0.25) is 5.02 Å². The largest absolute Gasteiger partial charge is 0.370 e. The Morgan fingerprint density at radius 3 is 2.92 bits per heavy atom. The molecule has 0 saturated heterocycles. The summed E-state index contributed by atoms with van der Waals surface area (Å²) in [5, 5.41) is 12.3. The number of nitriles is 1. The van der Waals surface area contributed by atoms with E-state index in [1.165, 1.54) is 6.07 Å². The molecule has 5 heteroatoms. The fourth-order valence-electron chi connectivity index (χ4n) is 3.49. The van der Waals surface area contributed by atoms with Crippen LogP contribution in [0.3, 0.4) is 0 Å². The molecule has 0 spiro atoms. The monoisotopic (exact) mass is 369 g/mol. The van der Waals surface area contributed by atoms with Crippen LogP contribution in [0.5, 0.6) is 0 Å². The molecule has 1 heterocycles. The topological polar surface area (TPSA) is 39.1 Å². The van der Waals surface area contributed by atoms with Gasteiger partial charge >= 0.3 is 0 Å². The van der Waals surface area contributed by atoms with Crippen LogP contribution >= 0.6 is 11.6 Å². The van der Waals surface area contributed by atoms with Crippen molar-refractivity contribution in [2.45, 2.75) is 19.4 Å². The Hall–Kier alpha value is -2.51. The number of rotatable bonds is 4. The van der Waals surface area contributed by atoms with Gasteiger partial charge < -0.3 is 10.2 Å². The highest BCUT2D eigenvalue weighted by Crippen LogP contribution is 2.35. The molecule has 134 valence electrons. The van der Waals surface area contributed by atoms with Crippen LogP contribution < -0.4 is 5.32 Å². The maximum atomic E-state index is 14.5. The molecule has 2 atom stereocenters. The Bertz CT molecular complexity index is 860. The number of nitrogens with one attached hydrogen (secondary N) is 1. The van der Waals surface area contributed by atoms with Gasteiger partial charge in [-0.1, -0.05) is 48.9 Å². The van der Waals surface area contributed by atoms with E-state index in [1.807, 2.05) is 36.4 Å². The number of halogens is 2. The van der Waals surface area contributed by atoms with Crippen LogP contribution in [0.1, 0.15) is 18.9 Å². The van der Waals surface area contributed by atoms with Crippen LogP contribution in [-0.4, -0.2) is 24.5 Å². The van der Waals surface area contributed by atoms with Crippen LogP contribution in [0.4, 0.5) is 4.39 Å². The first-order chi connectivity index (χ1) is 12.5. The zero-order chi connectivity index (χ0) is 18.7. The van der Waals surface area contributed by atoms with Crippen molar-refractivity contribution in [3.63, 3.8) is 0 Å². The minimum atomic E-state index is -0.291. The van der Waals surface area contributed by atoms with Crippen LogP contribution in [0, 0.1) is 23.2 Å². The minimum Gasteiger partial charge on any atom is -0.370 e. The molecule has 3 rings (SSSR count). The summed E-state index contributed by atoms with van der Waals surface area (Å²) >= 11 is 6.12. The summed E-state index contributed by atoms with van der Waals surface area (Å²) in [5.74, 6) is -0.0891. The lowest BCUT2D eigenvalue weighted by Crippen LogP contribution is -2.32. The van der Waals surface area contributed by atoms with E-state index >= 15 is 0 Å². The molecule has 0 radical (unpaired) electrons. The Morgan fingerprint density at radius 2 is 2.19 bits per heavy atom. The average Bonchev–Trinajstić information content (AvgIpc) is 2.64. The first kappa shape index (κ1) is 18.3. The molecule has 1 N–H and O–H groups in total. The molecule has 1 aromatic rings. The van der Waals surface area contributed by atoms with E-state index in [1.54, 1.807) is 12.1 Å². The number of nitrogens with zero attached hydrogens (tertiary/aromatic N) is 2. The Morgan fingerprint density at radius 1 is 1.38 bits per heavy atom. The van der Waals surface area contributed by atoms with E-state index in [9.17, 15) is 4.39 Å². The first-order valence-corrected chi connectivity index (χ1v) is 9.05. The maximum absolute atomic E-state index is 14.5. The van der Waals surface area contributed by atoms with Crippen molar-refractivity contribution in [3.8, 4) is 6.19 Å². The number of hydrogen-bond donors (Lipinski definition) is 1. The lowest BCUT2D eigenvalue weighted by molar-refractivity contribution is 0.503. The van der Waals surface area contributed by atoms with Gasteiger partial charge in [0.15, 0.2) is 6.19 Å². The SMILES string of the molecule is CCC1C=C(C2=C(c3cc(Cl)ccc3F)N(C)CC=C2)C=CC1NC#N. The van der Waals surface area contributed by atoms with Gasteiger partial charge in [0.05, 0.1) is 11.7 Å². The van der Waals surface area contributed by atoms with Crippen molar-refractivity contribution in [2.75, 3.05) is 13.6 Å². The summed E-state index contributed by atoms with van der Waals surface area (Å²) in [6.07, 6.45) is 13.2. The van der Waals surface area contributed by atoms with E-state index in [2.05, 4.69) is 24.4 Å². The average molecular weight is 370 g/mol. The molecule has 3 nitrogen and oxygen atoms in total. The van der Waals surface area contributed by atoms with Crippen molar-refractivity contribution in [1.29, 1.82) is 5.26 Å². The van der Waals surface area contributed by atoms with Gasteiger partial charge in [0.1, 0.15) is 5.82 Å². The molecular weight excluding hydrogens is 349 g/mol. The number of hydrogen-bond acceptors (Lipinski definition) is 3. The van der Waals surface area contributed by atoms with Crippen molar-refractivity contribution in [2.24, 2.45) is 5.92 Å². The summed E-state index contributed by atoms with van der Waals surface area (Å²) in [6, 6.07) is 4.63. The molecule has 0 bridgehead atoms. The zero-order valence-corrected chi connectivity index (χ0v) is 15.6. The third-order valence-corrected chi connectivity index (χ3v) is 5.07. The molecule has 1 aliphatic heterocycles. The Balaban J connectivity index is 2.11. The van der Waals surface area contributed by atoms with E-state index in [-0.39, 0.29) is 17.8 Å². The molecule has 0 saturated carbocycles. The van der Waals surface area contributed by atoms with Gasteiger partial charge in [-0.25, -0.2) is 4.39 Å². The van der Waals surface area contributed by atoms with Gasteiger partial charge in [-0.15, -0.1) is 0 Å². The third kappa shape index (κ3) is 3.54. The predicted molar refractivity (Wildman–Crippen MR) is 104 cm³/mol. The molecule has 1 aliphatic carbocycles. The van der Waals surface area contributed by atoms with Gasteiger partial charge in [-0.3, -0.25) is 0 Å². The summed E-state index contributed by atoms with van der Waals surface area (Å²) in [6.45, 7) is 2.80. The smallest absolute Gasteiger partial charge is 0.177 e. The van der Waals surface area contributed by atoms with Crippen LogP contribution in [0.15, 0.2) is 59.7 Å². The first-order valence-electron chi connectivity index (χ1n) is 8.67.